The van der Waals surface area contributed by atoms with Crippen LogP contribution >= 0.6 is 0 Å². The van der Waals surface area contributed by atoms with Gasteiger partial charge in [-0.3, -0.25) is 4.90 Å². The highest BCUT2D eigenvalue weighted by atomic mass is 15.2. The maximum absolute atomic E-state index is 3.65. The number of rotatable bonds is 4. The van der Waals surface area contributed by atoms with E-state index in [0.717, 1.165) is 19.5 Å². The normalized spacial score (nSPS) is 23.5. The predicted octanol–water partition coefficient (Wildman–Crippen LogP) is 3.00. The van der Waals surface area contributed by atoms with Gasteiger partial charge in [0, 0.05) is 31.2 Å². The first-order chi connectivity index (χ1) is 9.00. The third-order valence-corrected chi connectivity index (χ3v) is 4.17. The molecule has 1 fully saturated rings. The first kappa shape index (κ1) is 14.5. The highest BCUT2D eigenvalue weighted by molar-refractivity contribution is 5.22. The van der Waals surface area contributed by atoms with E-state index in [4.69, 9.17) is 0 Å². The summed E-state index contributed by atoms with van der Waals surface area (Å²) in [6, 6.07) is 9.60. The lowest BCUT2D eigenvalue weighted by Gasteiger charge is -2.44. The highest BCUT2D eigenvalue weighted by Gasteiger charge is 2.30. The van der Waals surface area contributed by atoms with Gasteiger partial charge in [0.2, 0.25) is 0 Å². The summed E-state index contributed by atoms with van der Waals surface area (Å²) in [6.45, 7) is 12.5. The van der Waals surface area contributed by atoms with Crippen LogP contribution in [0.15, 0.2) is 24.3 Å². The topological polar surface area (TPSA) is 15.3 Å². The molecule has 2 heteroatoms. The smallest absolute Gasteiger partial charge is 0.0252 e. The minimum Gasteiger partial charge on any atom is -0.309 e. The number of hydrogen-bond acceptors (Lipinski definition) is 2. The van der Waals surface area contributed by atoms with Crippen molar-refractivity contribution >= 4 is 0 Å². The molecule has 1 aromatic rings. The second kappa shape index (κ2) is 6.06. The summed E-state index contributed by atoms with van der Waals surface area (Å²) < 4.78 is 0. The molecule has 0 radical (unpaired) electrons. The number of nitrogens with zero attached hydrogens (tertiary/aromatic N) is 1. The molecule has 0 amide bonds. The van der Waals surface area contributed by atoms with Gasteiger partial charge >= 0.3 is 0 Å². The number of hydrogen-bond donors (Lipinski definition) is 1. The zero-order chi connectivity index (χ0) is 13.9. The van der Waals surface area contributed by atoms with Crippen LogP contribution in [-0.4, -0.2) is 36.1 Å². The Balaban J connectivity index is 1.96. The summed E-state index contributed by atoms with van der Waals surface area (Å²) in [7, 11) is 0. The molecular weight excluding hydrogens is 232 g/mol. The molecule has 0 spiro atoms. The monoisotopic (exact) mass is 260 g/mol. The molecule has 1 atom stereocenters. The molecule has 1 unspecified atom stereocenters. The summed E-state index contributed by atoms with van der Waals surface area (Å²) >= 11 is 0. The van der Waals surface area contributed by atoms with Crippen LogP contribution in [0.5, 0.6) is 0 Å². The summed E-state index contributed by atoms with van der Waals surface area (Å²) in [4.78, 5) is 2.67. The first-order valence-corrected chi connectivity index (χ1v) is 7.55. The molecule has 106 valence electrons. The van der Waals surface area contributed by atoms with Gasteiger partial charge in [-0.05, 0) is 39.2 Å². The van der Waals surface area contributed by atoms with Gasteiger partial charge in [0.25, 0.3) is 0 Å². The van der Waals surface area contributed by atoms with Crippen molar-refractivity contribution in [2.45, 2.75) is 52.1 Å². The average Bonchev–Trinajstić information content (AvgIpc) is 2.36. The van der Waals surface area contributed by atoms with Crippen molar-refractivity contribution in [1.82, 2.24) is 10.2 Å². The third kappa shape index (κ3) is 4.05. The zero-order valence-corrected chi connectivity index (χ0v) is 12.9. The Kier molecular flexibility index (Phi) is 4.64. The SMILES string of the molecule is CCC1CNC(C)(C)CN1CCc1cccc(C)c1. The fourth-order valence-electron chi connectivity index (χ4n) is 3.02. The molecule has 19 heavy (non-hydrogen) atoms. The van der Waals surface area contributed by atoms with Crippen LogP contribution in [0.1, 0.15) is 38.3 Å². The molecule has 2 rings (SSSR count). The van der Waals surface area contributed by atoms with Gasteiger partial charge < -0.3 is 5.32 Å². The minimum absolute atomic E-state index is 0.248. The van der Waals surface area contributed by atoms with Gasteiger partial charge in [-0.2, -0.15) is 0 Å². The van der Waals surface area contributed by atoms with Gasteiger partial charge in [-0.25, -0.2) is 0 Å². The highest BCUT2D eigenvalue weighted by Crippen LogP contribution is 2.18. The number of nitrogens with one attached hydrogen (secondary N) is 1. The first-order valence-electron chi connectivity index (χ1n) is 7.55. The lowest BCUT2D eigenvalue weighted by molar-refractivity contribution is 0.0939. The van der Waals surface area contributed by atoms with Gasteiger partial charge in [-0.15, -0.1) is 0 Å². The second-order valence-corrected chi connectivity index (χ2v) is 6.54. The Bertz CT molecular complexity index is 411. The zero-order valence-electron chi connectivity index (χ0n) is 12.9. The Labute approximate surface area is 118 Å². The molecule has 0 bridgehead atoms. The summed E-state index contributed by atoms with van der Waals surface area (Å²) in [5.41, 5.74) is 3.08. The molecule has 1 aromatic carbocycles. The molecule has 1 N–H and O–H groups in total. The summed E-state index contributed by atoms with van der Waals surface area (Å²) in [5.74, 6) is 0. The van der Waals surface area contributed by atoms with Crippen LogP contribution in [0, 0.1) is 6.92 Å². The van der Waals surface area contributed by atoms with Crippen molar-refractivity contribution < 1.29 is 0 Å². The predicted molar refractivity (Wildman–Crippen MR) is 82.6 cm³/mol. The van der Waals surface area contributed by atoms with E-state index in [1.165, 1.54) is 24.1 Å². The maximum atomic E-state index is 3.65. The Morgan fingerprint density at radius 2 is 2.16 bits per heavy atom. The summed E-state index contributed by atoms with van der Waals surface area (Å²) in [5, 5.41) is 3.65. The van der Waals surface area contributed by atoms with Crippen molar-refractivity contribution in [3.63, 3.8) is 0 Å². The molecule has 1 aliphatic heterocycles. The van der Waals surface area contributed by atoms with Crippen LogP contribution in [0.3, 0.4) is 0 Å². The Morgan fingerprint density at radius 1 is 1.37 bits per heavy atom. The fourth-order valence-corrected chi connectivity index (χ4v) is 3.02. The Morgan fingerprint density at radius 3 is 2.84 bits per heavy atom. The van der Waals surface area contributed by atoms with Gasteiger partial charge in [0.15, 0.2) is 0 Å². The van der Waals surface area contributed by atoms with Crippen LogP contribution < -0.4 is 5.32 Å². The van der Waals surface area contributed by atoms with E-state index in [-0.39, 0.29) is 5.54 Å². The van der Waals surface area contributed by atoms with Gasteiger partial charge in [0.05, 0.1) is 0 Å². The van der Waals surface area contributed by atoms with Crippen LogP contribution in [0.2, 0.25) is 0 Å². The molecular formula is C17H28N2. The number of benzene rings is 1. The molecule has 1 heterocycles. The molecule has 0 saturated carbocycles. The van der Waals surface area contributed by atoms with Gasteiger partial charge in [-0.1, -0.05) is 36.8 Å². The van der Waals surface area contributed by atoms with Crippen molar-refractivity contribution in [1.29, 1.82) is 0 Å². The lowest BCUT2D eigenvalue weighted by Crippen LogP contribution is -2.61. The maximum Gasteiger partial charge on any atom is 0.0252 e. The van der Waals surface area contributed by atoms with E-state index in [9.17, 15) is 0 Å². The Hall–Kier alpha value is -0.860. The number of aryl methyl sites for hydroxylation is 1. The van der Waals surface area contributed by atoms with Crippen LogP contribution in [-0.2, 0) is 6.42 Å². The van der Waals surface area contributed by atoms with Gasteiger partial charge in [0.1, 0.15) is 0 Å². The standard InChI is InChI=1S/C17H28N2/c1-5-16-12-18-17(3,4)13-19(16)10-9-15-8-6-7-14(2)11-15/h6-8,11,16,18H,5,9-10,12-13H2,1-4H3. The van der Waals surface area contributed by atoms with Crippen molar-refractivity contribution in [3.8, 4) is 0 Å². The lowest BCUT2D eigenvalue weighted by atomic mass is 9.97. The van der Waals surface area contributed by atoms with Crippen LogP contribution in [0.25, 0.3) is 0 Å². The van der Waals surface area contributed by atoms with E-state index in [1.807, 2.05) is 0 Å². The third-order valence-electron chi connectivity index (χ3n) is 4.17. The molecule has 0 aromatic heterocycles. The van der Waals surface area contributed by atoms with Crippen LogP contribution in [0.4, 0.5) is 0 Å². The van der Waals surface area contributed by atoms with E-state index in [2.05, 4.69) is 62.2 Å². The summed E-state index contributed by atoms with van der Waals surface area (Å²) in [6.07, 6.45) is 2.39. The molecule has 2 nitrogen and oxygen atoms in total. The molecule has 1 saturated heterocycles. The minimum atomic E-state index is 0.248. The quantitative estimate of drug-likeness (QED) is 0.895. The van der Waals surface area contributed by atoms with Crippen molar-refractivity contribution in [2.75, 3.05) is 19.6 Å². The van der Waals surface area contributed by atoms with Crippen molar-refractivity contribution in [2.24, 2.45) is 0 Å². The fraction of sp³-hybridized carbons (Fsp3) is 0.647. The molecule has 1 aliphatic rings. The van der Waals surface area contributed by atoms with Crippen molar-refractivity contribution in [3.05, 3.63) is 35.4 Å². The second-order valence-electron chi connectivity index (χ2n) is 6.54. The van der Waals surface area contributed by atoms with E-state index in [1.54, 1.807) is 0 Å². The average molecular weight is 260 g/mol. The van der Waals surface area contributed by atoms with E-state index in [0.29, 0.717) is 6.04 Å². The molecule has 0 aliphatic carbocycles. The van der Waals surface area contributed by atoms with E-state index < -0.39 is 0 Å². The largest absolute Gasteiger partial charge is 0.309 e. The van der Waals surface area contributed by atoms with E-state index >= 15 is 0 Å². The number of piperazine rings is 1.